The second kappa shape index (κ2) is 8.87. The molecule has 122 valence electrons. The number of nitrogens with zero attached hydrogens (tertiary/aromatic N) is 2. The molecule has 1 fully saturated rings. The highest BCUT2D eigenvalue weighted by atomic mass is 16.4. The number of urea groups is 1. The average molecular weight is 299 g/mol. The first-order chi connectivity index (χ1) is 9.99. The Labute approximate surface area is 127 Å². The molecule has 2 N–H and O–H groups in total. The molecule has 0 bridgehead atoms. The molecule has 0 aromatic carbocycles. The van der Waals surface area contributed by atoms with E-state index in [1.54, 1.807) is 11.9 Å². The lowest BCUT2D eigenvalue weighted by atomic mass is 10.1. The second-order valence-electron chi connectivity index (χ2n) is 5.79. The van der Waals surface area contributed by atoms with Gasteiger partial charge in [0.1, 0.15) is 6.04 Å². The molecule has 2 amide bonds. The number of hydrogen-bond acceptors (Lipinski definition) is 3. The van der Waals surface area contributed by atoms with Gasteiger partial charge in [0.05, 0.1) is 0 Å². The molecule has 0 aliphatic carbocycles. The quantitative estimate of drug-likeness (QED) is 0.716. The van der Waals surface area contributed by atoms with Crippen LogP contribution in [-0.4, -0.2) is 65.7 Å². The number of unbranched alkanes of at least 4 members (excludes halogenated alkanes) is 1. The molecule has 1 saturated heterocycles. The highest BCUT2D eigenvalue weighted by Crippen LogP contribution is 2.17. The van der Waals surface area contributed by atoms with E-state index in [1.807, 2.05) is 6.92 Å². The number of likely N-dealkylation sites (N-methyl/N-ethyl adjacent to an activating group) is 2. The van der Waals surface area contributed by atoms with Gasteiger partial charge in [-0.15, -0.1) is 0 Å². The van der Waals surface area contributed by atoms with Crippen LogP contribution in [0.3, 0.4) is 0 Å². The van der Waals surface area contributed by atoms with Crippen molar-refractivity contribution in [2.75, 3.05) is 26.7 Å². The molecule has 2 atom stereocenters. The van der Waals surface area contributed by atoms with E-state index in [1.165, 1.54) is 6.42 Å². The molecule has 1 heterocycles. The zero-order chi connectivity index (χ0) is 15.8. The molecule has 0 radical (unpaired) electrons. The van der Waals surface area contributed by atoms with Crippen molar-refractivity contribution in [1.29, 1.82) is 0 Å². The van der Waals surface area contributed by atoms with Crippen LogP contribution in [0.1, 0.15) is 46.0 Å². The van der Waals surface area contributed by atoms with Gasteiger partial charge >= 0.3 is 12.0 Å². The molecule has 1 rings (SSSR count). The highest BCUT2D eigenvalue weighted by Gasteiger charge is 2.27. The van der Waals surface area contributed by atoms with E-state index in [-0.39, 0.29) is 6.03 Å². The molecule has 0 saturated carbocycles. The third kappa shape index (κ3) is 5.53. The maximum atomic E-state index is 12.1. The summed E-state index contributed by atoms with van der Waals surface area (Å²) in [5.41, 5.74) is 0. The van der Waals surface area contributed by atoms with E-state index in [0.29, 0.717) is 19.0 Å². The molecular weight excluding hydrogens is 270 g/mol. The Balaban J connectivity index is 2.46. The Hall–Kier alpha value is -1.30. The molecule has 1 aliphatic rings. The zero-order valence-electron chi connectivity index (χ0n) is 13.5. The van der Waals surface area contributed by atoms with E-state index >= 15 is 0 Å². The smallest absolute Gasteiger partial charge is 0.326 e. The summed E-state index contributed by atoms with van der Waals surface area (Å²) >= 11 is 0. The van der Waals surface area contributed by atoms with E-state index in [9.17, 15) is 9.59 Å². The maximum absolute atomic E-state index is 12.1. The van der Waals surface area contributed by atoms with Crippen LogP contribution in [0.4, 0.5) is 4.79 Å². The van der Waals surface area contributed by atoms with Crippen LogP contribution in [-0.2, 0) is 4.79 Å². The van der Waals surface area contributed by atoms with Crippen molar-refractivity contribution < 1.29 is 14.7 Å². The fraction of sp³-hybridized carbons (Fsp3) is 0.867. The third-order valence-corrected chi connectivity index (χ3v) is 4.18. The van der Waals surface area contributed by atoms with Crippen LogP contribution < -0.4 is 5.32 Å². The average Bonchev–Trinajstić information content (AvgIpc) is 2.89. The normalized spacial score (nSPS) is 20.2. The highest BCUT2D eigenvalue weighted by molar-refractivity contribution is 5.82. The molecule has 1 unspecified atom stereocenters. The van der Waals surface area contributed by atoms with Gasteiger partial charge in [0.25, 0.3) is 0 Å². The zero-order valence-corrected chi connectivity index (χ0v) is 13.5. The molecule has 0 aromatic rings. The lowest BCUT2D eigenvalue weighted by molar-refractivity contribution is -0.139. The number of aliphatic carboxylic acids is 1. The van der Waals surface area contributed by atoms with Crippen LogP contribution in [0, 0.1) is 0 Å². The maximum Gasteiger partial charge on any atom is 0.326 e. The van der Waals surface area contributed by atoms with Crippen molar-refractivity contribution in [2.24, 2.45) is 0 Å². The number of amides is 2. The van der Waals surface area contributed by atoms with Gasteiger partial charge in [-0.2, -0.15) is 0 Å². The van der Waals surface area contributed by atoms with Crippen LogP contribution in [0.5, 0.6) is 0 Å². The van der Waals surface area contributed by atoms with Gasteiger partial charge in [0.15, 0.2) is 0 Å². The van der Waals surface area contributed by atoms with Crippen molar-refractivity contribution in [3.05, 3.63) is 0 Å². The first kappa shape index (κ1) is 17.8. The lowest BCUT2D eigenvalue weighted by Crippen LogP contribution is -2.49. The summed E-state index contributed by atoms with van der Waals surface area (Å²) in [5, 5.41) is 11.8. The van der Waals surface area contributed by atoms with Crippen molar-refractivity contribution in [3.63, 3.8) is 0 Å². The fourth-order valence-electron chi connectivity index (χ4n) is 2.84. The van der Waals surface area contributed by atoms with Gasteiger partial charge in [-0.25, -0.2) is 9.59 Å². The van der Waals surface area contributed by atoms with Crippen molar-refractivity contribution in [2.45, 2.75) is 58.0 Å². The van der Waals surface area contributed by atoms with Crippen LogP contribution >= 0.6 is 0 Å². The Morgan fingerprint density at radius 1 is 1.43 bits per heavy atom. The van der Waals surface area contributed by atoms with Crippen molar-refractivity contribution in [1.82, 2.24) is 15.1 Å². The minimum Gasteiger partial charge on any atom is -0.480 e. The number of rotatable bonds is 8. The number of carboxylic acids is 1. The summed E-state index contributed by atoms with van der Waals surface area (Å²) in [6, 6.07) is -0.683. The predicted molar refractivity (Wildman–Crippen MR) is 82.4 cm³/mol. The number of carbonyl (C=O) groups excluding carboxylic acids is 1. The minimum absolute atomic E-state index is 0.290. The second-order valence-corrected chi connectivity index (χ2v) is 5.79. The van der Waals surface area contributed by atoms with Crippen molar-refractivity contribution in [3.8, 4) is 0 Å². The molecular formula is C15H29N3O3. The van der Waals surface area contributed by atoms with Crippen LogP contribution in [0.25, 0.3) is 0 Å². The Kier molecular flexibility index (Phi) is 7.50. The first-order valence-corrected chi connectivity index (χ1v) is 7.98. The van der Waals surface area contributed by atoms with E-state index in [2.05, 4.69) is 17.1 Å². The standard InChI is InChI=1S/C15H29N3O3/c1-4-6-9-13(14(19)20)16-15(21)17(3)11-12-8-7-10-18(12)5-2/h12-13H,4-11H2,1-3H3,(H,16,21)(H,19,20)/t12?,13-/m0/s1. The molecule has 0 aromatic heterocycles. The SMILES string of the molecule is CCCC[C@H](NC(=O)N(C)CC1CCCN1CC)C(=O)O. The lowest BCUT2D eigenvalue weighted by Gasteiger charge is -2.28. The molecule has 21 heavy (non-hydrogen) atoms. The minimum atomic E-state index is -0.957. The Bertz CT molecular complexity index is 349. The van der Waals surface area contributed by atoms with E-state index in [4.69, 9.17) is 5.11 Å². The summed E-state index contributed by atoms with van der Waals surface area (Å²) in [7, 11) is 1.74. The van der Waals surface area contributed by atoms with Crippen molar-refractivity contribution >= 4 is 12.0 Å². The predicted octanol–water partition coefficient (Wildman–Crippen LogP) is 1.76. The van der Waals surface area contributed by atoms with Gasteiger partial charge in [-0.3, -0.25) is 4.90 Å². The third-order valence-electron chi connectivity index (χ3n) is 4.18. The fourth-order valence-corrected chi connectivity index (χ4v) is 2.84. The van der Waals surface area contributed by atoms with E-state index in [0.717, 1.165) is 32.4 Å². The summed E-state index contributed by atoms with van der Waals surface area (Å²) in [6.07, 6.45) is 4.47. The number of likely N-dealkylation sites (tertiary alicyclic amines) is 1. The first-order valence-electron chi connectivity index (χ1n) is 7.98. The number of carbonyl (C=O) groups is 2. The van der Waals surface area contributed by atoms with Gasteiger partial charge in [0.2, 0.25) is 0 Å². The largest absolute Gasteiger partial charge is 0.480 e. The number of carboxylic acid groups (broad SMARTS) is 1. The summed E-state index contributed by atoms with van der Waals surface area (Å²) in [5.74, 6) is -0.957. The van der Waals surface area contributed by atoms with Gasteiger partial charge in [0, 0.05) is 19.6 Å². The summed E-state index contributed by atoms with van der Waals surface area (Å²) in [4.78, 5) is 27.3. The van der Waals surface area contributed by atoms with Crippen LogP contribution in [0.15, 0.2) is 0 Å². The van der Waals surface area contributed by atoms with Gasteiger partial charge in [-0.05, 0) is 32.4 Å². The topological polar surface area (TPSA) is 72.9 Å². The molecule has 1 aliphatic heterocycles. The Morgan fingerprint density at radius 3 is 2.71 bits per heavy atom. The summed E-state index contributed by atoms with van der Waals surface area (Å²) < 4.78 is 0. The monoisotopic (exact) mass is 299 g/mol. The van der Waals surface area contributed by atoms with Gasteiger partial charge in [-0.1, -0.05) is 26.7 Å². The molecule has 6 heteroatoms. The number of hydrogen-bond donors (Lipinski definition) is 2. The molecule has 0 spiro atoms. The van der Waals surface area contributed by atoms with E-state index < -0.39 is 12.0 Å². The summed E-state index contributed by atoms with van der Waals surface area (Å²) in [6.45, 7) is 6.87. The molecule has 6 nitrogen and oxygen atoms in total. The van der Waals surface area contributed by atoms with Crippen LogP contribution in [0.2, 0.25) is 0 Å². The number of nitrogens with one attached hydrogen (secondary N) is 1. The van der Waals surface area contributed by atoms with Gasteiger partial charge < -0.3 is 15.3 Å². The Morgan fingerprint density at radius 2 is 2.14 bits per heavy atom.